The van der Waals surface area contributed by atoms with Crippen molar-refractivity contribution in [1.82, 2.24) is 9.55 Å². The molecule has 0 spiro atoms. The van der Waals surface area contributed by atoms with E-state index >= 15 is 0 Å². The Bertz CT molecular complexity index is 646. The SMILES string of the molecule is Cc1ccc2c(c1)nc(C1CCC(CN)CC1)n2C1CC1. The van der Waals surface area contributed by atoms with Crippen molar-refractivity contribution in [3.63, 3.8) is 0 Å². The third-order valence-electron chi connectivity index (χ3n) is 5.33. The third-order valence-corrected chi connectivity index (χ3v) is 5.33. The highest BCUT2D eigenvalue weighted by molar-refractivity contribution is 5.77. The molecule has 0 amide bonds. The Hall–Kier alpha value is -1.35. The first-order valence-corrected chi connectivity index (χ1v) is 8.45. The minimum Gasteiger partial charge on any atom is -0.330 e. The van der Waals surface area contributed by atoms with Crippen LogP contribution in [0.4, 0.5) is 0 Å². The zero-order valence-electron chi connectivity index (χ0n) is 12.9. The molecule has 0 saturated heterocycles. The molecule has 1 heterocycles. The maximum Gasteiger partial charge on any atom is 0.113 e. The van der Waals surface area contributed by atoms with Gasteiger partial charge in [0, 0.05) is 12.0 Å². The van der Waals surface area contributed by atoms with Gasteiger partial charge in [-0.25, -0.2) is 4.98 Å². The van der Waals surface area contributed by atoms with E-state index in [1.54, 1.807) is 0 Å². The number of imidazole rings is 1. The number of benzene rings is 1. The van der Waals surface area contributed by atoms with Crippen LogP contribution in [0.2, 0.25) is 0 Å². The summed E-state index contributed by atoms with van der Waals surface area (Å²) in [4.78, 5) is 5.04. The molecule has 112 valence electrons. The monoisotopic (exact) mass is 283 g/mol. The molecule has 2 saturated carbocycles. The summed E-state index contributed by atoms with van der Waals surface area (Å²) in [7, 11) is 0. The third kappa shape index (κ3) is 2.38. The zero-order valence-corrected chi connectivity index (χ0v) is 12.9. The highest BCUT2D eigenvalue weighted by Crippen LogP contribution is 2.43. The Morgan fingerprint density at radius 2 is 1.90 bits per heavy atom. The minimum atomic E-state index is 0.640. The molecule has 2 N–H and O–H groups in total. The first-order chi connectivity index (χ1) is 10.3. The van der Waals surface area contributed by atoms with Gasteiger partial charge in [0.2, 0.25) is 0 Å². The van der Waals surface area contributed by atoms with Crippen molar-refractivity contribution in [2.24, 2.45) is 11.7 Å². The summed E-state index contributed by atoms with van der Waals surface area (Å²) in [5.41, 5.74) is 9.68. The van der Waals surface area contributed by atoms with Crippen LogP contribution in [0.15, 0.2) is 18.2 Å². The molecule has 0 radical (unpaired) electrons. The molecule has 0 unspecified atom stereocenters. The van der Waals surface area contributed by atoms with Crippen LogP contribution in [0.3, 0.4) is 0 Å². The topological polar surface area (TPSA) is 43.8 Å². The fourth-order valence-electron chi connectivity index (χ4n) is 3.89. The standard InChI is InChI=1S/C18H25N3/c1-12-2-9-17-16(10-12)20-18(21(17)15-7-8-15)14-5-3-13(11-19)4-6-14/h2,9-10,13-15H,3-8,11,19H2,1H3. The second-order valence-corrected chi connectivity index (χ2v) is 7.02. The first kappa shape index (κ1) is 13.3. The number of hydrogen-bond donors (Lipinski definition) is 1. The first-order valence-electron chi connectivity index (χ1n) is 8.45. The van der Waals surface area contributed by atoms with Crippen molar-refractivity contribution >= 4 is 11.0 Å². The van der Waals surface area contributed by atoms with Crippen molar-refractivity contribution in [2.75, 3.05) is 6.54 Å². The summed E-state index contributed by atoms with van der Waals surface area (Å²) in [5, 5.41) is 0. The quantitative estimate of drug-likeness (QED) is 0.928. The van der Waals surface area contributed by atoms with Gasteiger partial charge in [-0.1, -0.05) is 6.07 Å². The van der Waals surface area contributed by atoms with Crippen molar-refractivity contribution in [2.45, 2.75) is 57.4 Å². The molecule has 21 heavy (non-hydrogen) atoms. The van der Waals surface area contributed by atoms with E-state index in [9.17, 15) is 0 Å². The number of nitrogens with zero attached hydrogens (tertiary/aromatic N) is 2. The zero-order chi connectivity index (χ0) is 14.4. The number of hydrogen-bond acceptors (Lipinski definition) is 2. The summed E-state index contributed by atoms with van der Waals surface area (Å²) >= 11 is 0. The summed E-state index contributed by atoms with van der Waals surface area (Å²) in [5.74, 6) is 2.73. The van der Waals surface area contributed by atoms with E-state index in [0.717, 1.165) is 12.5 Å². The van der Waals surface area contributed by atoms with E-state index in [1.165, 1.54) is 60.9 Å². The predicted octanol–water partition coefficient (Wildman–Crippen LogP) is 3.91. The van der Waals surface area contributed by atoms with Crippen LogP contribution >= 0.6 is 0 Å². The molecule has 1 aromatic carbocycles. The van der Waals surface area contributed by atoms with Gasteiger partial charge in [0.1, 0.15) is 5.82 Å². The summed E-state index contributed by atoms with van der Waals surface area (Å²) < 4.78 is 2.56. The number of aromatic nitrogens is 2. The molecular formula is C18H25N3. The van der Waals surface area contributed by atoms with E-state index in [1.807, 2.05) is 0 Å². The number of aryl methyl sites for hydroxylation is 1. The number of nitrogens with two attached hydrogens (primary N) is 1. The lowest BCUT2D eigenvalue weighted by molar-refractivity contribution is 0.321. The lowest BCUT2D eigenvalue weighted by atomic mass is 9.81. The molecular weight excluding hydrogens is 258 g/mol. The molecule has 2 aliphatic carbocycles. The molecule has 2 fully saturated rings. The van der Waals surface area contributed by atoms with Crippen molar-refractivity contribution in [1.29, 1.82) is 0 Å². The fraction of sp³-hybridized carbons (Fsp3) is 0.611. The lowest BCUT2D eigenvalue weighted by Gasteiger charge is -2.27. The van der Waals surface area contributed by atoms with Crippen LogP contribution in [0.25, 0.3) is 11.0 Å². The second-order valence-electron chi connectivity index (χ2n) is 7.02. The van der Waals surface area contributed by atoms with Crippen molar-refractivity contribution in [3.05, 3.63) is 29.6 Å². The van der Waals surface area contributed by atoms with E-state index in [-0.39, 0.29) is 0 Å². The molecule has 2 aliphatic rings. The smallest absolute Gasteiger partial charge is 0.113 e. The number of rotatable bonds is 3. The largest absolute Gasteiger partial charge is 0.330 e. The molecule has 4 rings (SSSR count). The van der Waals surface area contributed by atoms with Gasteiger partial charge in [-0.2, -0.15) is 0 Å². The van der Waals surface area contributed by atoms with Crippen molar-refractivity contribution < 1.29 is 0 Å². The van der Waals surface area contributed by atoms with Crippen LogP contribution in [0, 0.1) is 12.8 Å². The average Bonchev–Trinajstić information content (AvgIpc) is 3.28. The fourth-order valence-corrected chi connectivity index (χ4v) is 3.89. The van der Waals surface area contributed by atoms with E-state index in [0.29, 0.717) is 12.0 Å². The molecule has 1 aromatic heterocycles. The Balaban J connectivity index is 1.72. The molecule has 3 nitrogen and oxygen atoms in total. The van der Waals surface area contributed by atoms with Gasteiger partial charge in [-0.05, 0) is 75.6 Å². The van der Waals surface area contributed by atoms with Crippen LogP contribution in [-0.4, -0.2) is 16.1 Å². The van der Waals surface area contributed by atoms with Crippen LogP contribution in [-0.2, 0) is 0 Å². The molecule has 0 bridgehead atoms. The van der Waals surface area contributed by atoms with Gasteiger partial charge < -0.3 is 10.3 Å². The normalized spacial score (nSPS) is 26.4. The maximum absolute atomic E-state index is 5.83. The lowest BCUT2D eigenvalue weighted by Crippen LogP contribution is -2.22. The van der Waals surface area contributed by atoms with Crippen LogP contribution in [0.5, 0.6) is 0 Å². The number of fused-ring (bicyclic) bond motifs is 1. The Labute approximate surface area is 126 Å². The molecule has 0 atom stereocenters. The van der Waals surface area contributed by atoms with Crippen molar-refractivity contribution in [3.8, 4) is 0 Å². The van der Waals surface area contributed by atoms with Gasteiger partial charge in [-0.15, -0.1) is 0 Å². The summed E-state index contributed by atoms with van der Waals surface area (Å²) in [6.07, 6.45) is 7.71. The van der Waals surface area contributed by atoms with Gasteiger partial charge >= 0.3 is 0 Å². The minimum absolute atomic E-state index is 0.640. The van der Waals surface area contributed by atoms with E-state index in [4.69, 9.17) is 10.7 Å². The highest BCUT2D eigenvalue weighted by Gasteiger charge is 2.32. The van der Waals surface area contributed by atoms with Gasteiger partial charge in [0.15, 0.2) is 0 Å². The summed E-state index contributed by atoms with van der Waals surface area (Å²) in [6, 6.07) is 7.44. The van der Waals surface area contributed by atoms with E-state index in [2.05, 4.69) is 29.7 Å². The molecule has 3 heteroatoms. The van der Waals surface area contributed by atoms with Gasteiger partial charge in [0.25, 0.3) is 0 Å². The van der Waals surface area contributed by atoms with E-state index < -0.39 is 0 Å². The predicted molar refractivity (Wildman–Crippen MR) is 86.5 cm³/mol. The molecule has 2 aromatic rings. The Morgan fingerprint density at radius 1 is 1.14 bits per heavy atom. The second kappa shape index (κ2) is 5.13. The Kier molecular flexibility index (Phi) is 3.26. The highest BCUT2D eigenvalue weighted by atomic mass is 15.1. The molecule has 0 aliphatic heterocycles. The van der Waals surface area contributed by atoms with Crippen LogP contribution in [0.1, 0.15) is 61.9 Å². The average molecular weight is 283 g/mol. The van der Waals surface area contributed by atoms with Crippen LogP contribution < -0.4 is 5.73 Å². The maximum atomic E-state index is 5.83. The van der Waals surface area contributed by atoms with Gasteiger partial charge in [0.05, 0.1) is 11.0 Å². The van der Waals surface area contributed by atoms with Gasteiger partial charge in [-0.3, -0.25) is 0 Å². The summed E-state index contributed by atoms with van der Waals surface area (Å²) in [6.45, 7) is 3.01. The Morgan fingerprint density at radius 3 is 2.57 bits per heavy atom.